The van der Waals surface area contributed by atoms with Crippen LogP contribution < -0.4 is 20.6 Å². The highest BCUT2D eigenvalue weighted by atomic mass is 16.6. The lowest BCUT2D eigenvalue weighted by Gasteiger charge is -2.30. The molecule has 1 aliphatic heterocycles. The van der Waals surface area contributed by atoms with Crippen molar-refractivity contribution in [3.63, 3.8) is 0 Å². The number of piperazine rings is 1. The number of nitrogens with two attached hydrogens (primary N) is 1. The number of nitrogens with one attached hydrogen (secondary N) is 2. The fourth-order valence-corrected chi connectivity index (χ4v) is 2.83. The van der Waals surface area contributed by atoms with E-state index in [4.69, 9.17) is 0 Å². The molecule has 4 N–H and O–H groups in total. The van der Waals surface area contributed by atoms with Gasteiger partial charge in [-0.1, -0.05) is 6.07 Å². The molecule has 0 bridgehead atoms. The summed E-state index contributed by atoms with van der Waals surface area (Å²) in [5.74, 6) is -1.74. The molecule has 0 saturated carbocycles. The van der Waals surface area contributed by atoms with Crippen LogP contribution in [0.1, 0.15) is 12.0 Å². The maximum Gasteiger partial charge on any atom is 0.271 e. The Morgan fingerprint density at radius 2 is 2.04 bits per heavy atom. The van der Waals surface area contributed by atoms with Crippen molar-refractivity contribution in [3.05, 3.63) is 33.9 Å². The van der Waals surface area contributed by atoms with Gasteiger partial charge in [0.25, 0.3) is 5.69 Å². The first-order valence-electron chi connectivity index (χ1n) is 7.80. The molecular weight excluding hydrogens is 316 g/mol. The summed E-state index contributed by atoms with van der Waals surface area (Å²) in [7, 11) is 0. The molecule has 1 aromatic rings. The van der Waals surface area contributed by atoms with Gasteiger partial charge in [0, 0.05) is 12.1 Å². The first-order valence-corrected chi connectivity index (χ1v) is 7.80. The summed E-state index contributed by atoms with van der Waals surface area (Å²) < 4.78 is 0. The molecule has 0 radical (unpaired) electrons. The van der Waals surface area contributed by atoms with Gasteiger partial charge in [-0.15, -0.1) is 0 Å². The summed E-state index contributed by atoms with van der Waals surface area (Å²) in [6, 6.07) is 3.24. The van der Waals surface area contributed by atoms with E-state index in [9.17, 15) is 24.8 Å². The molecule has 0 aliphatic carbocycles. The highest BCUT2D eigenvalue weighted by Crippen LogP contribution is 2.21. The number of hydrogen-bond acceptors (Lipinski definition) is 5. The second-order valence-corrected chi connectivity index (χ2v) is 5.90. The molecule has 0 unspecified atom stereocenters. The molecule has 9 heteroatoms. The number of carboxylic acids is 1. The molecule has 1 saturated heterocycles. The maximum absolute atomic E-state index is 12.2. The van der Waals surface area contributed by atoms with Crippen LogP contribution in [0.5, 0.6) is 0 Å². The van der Waals surface area contributed by atoms with E-state index in [0.717, 1.165) is 18.0 Å². The van der Waals surface area contributed by atoms with Gasteiger partial charge in [-0.2, -0.15) is 0 Å². The number of carboxylic acid groups (broad SMARTS) is 1. The number of anilines is 1. The third kappa shape index (κ3) is 4.49. The van der Waals surface area contributed by atoms with Crippen LogP contribution in [-0.4, -0.2) is 49.0 Å². The summed E-state index contributed by atoms with van der Waals surface area (Å²) >= 11 is 0. The number of carbonyl (C=O) groups excluding carboxylic acids is 2. The number of nitro groups is 1. The Morgan fingerprint density at radius 1 is 1.38 bits per heavy atom. The summed E-state index contributed by atoms with van der Waals surface area (Å²) in [4.78, 5) is 34.7. The van der Waals surface area contributed by atoms with Crippen LogP contribution in [0.2, 0.25) is 0 Å². The van der Waals surface area contributed by atoms with Gasteiger partial charge in [-0.05, 0) is 12.5 Å². The molecule has 1 aliphatic rings. The summed E-state index contributed by atoms with van der Waals surface area (Å²) in [5.41, 5.74) is 0.844. The molecule has 130 valence electrons. The number of hydrogen-bond donors (Lipinski definition) is 3. The quantitative estimate of drug-likeness (QED) is 0.372. The van der Waals surface area contributed by atoms with Gasteiger partial charge in [0.05, 0.1) is 23.0 Å². The third-order valence-electron chi connectivity index (χ3n) is 4.21. The average molecular weight is 337 g/mol. The second-order valence-electron chi connectivity index (χ2n) is 5.90. The molecule has 0 spiro atoms. The van der Waals surface area contributed by atoms with Crippen molar-refractivity contribution in [1.82, 2.24) is 0 Å². The fraction of sp³-hybridized carbons (Fsp3) is 0.467. The Kier molecular flexibility index (Phi) is 5.83. The topological polar surface area (TPSA) is 133 Å². The number of rotatable bonds is 6. The zero-order chi connectivity index (χ0) is 17.7. The average Bonchev–Trinajstić information content (AvgIpc) is 2.55. The van der Waals surface area contributed by atoms with E-state index in [0.29, 0.717) is 24.3 Å². The zero-order valence-electron chi connectivity index (χ0n) is 13.4. The molecule has 2 rings (SSSR count). The van der Waals surface area contributed by atoms with Gasteiger partial charge >= 0.3 is 0 Å². The van der Waals surface area contributed by atoms with E-state index in [1.54, 1.807) is 6.92 Å². The minimum Gasteiger partial charge on any atom is -0.544 e. The van der Waals surface area contributed by atoms with E-state index in [1.165, 1.54) is 18.2 Å². The van der Waals surface area contributed by atoms with Gasteiger partial charge in [-0.25, -0.2) is 0 Å². The lowest BCUT2D eigenvalue weighted by atomic mass is 10.1. The first-order chi connectivity index (χ1) is 11.4. The van der Waals surface area contributed by atoms with Crippen molar-refractivity contribution in [2.75, 3.05) is 31.5 Å². The van der Waals surface area contributed by atoms with E-state index in [1.807, 2.05) is 0 Å². The Hall–Kier alpha value is -2.52. The minimum absolute atomic E-state index is 0.135. The molecule has 24 heavy (non-hydrogen) atoms. The van der Waals surface area contributed by atoms with Crippen LogP contribution in [0.25, 0.3) is 0 Å². The predicted octanol–water partition coefficient (Wildman–Crippen LogP) is -3.19. The number of carbonyl (C=O) groups is 2. The molecular formula is C15H21N4O5+. The Balaban J connectivity index is 2.06. The lowest BCUT2D eigenvalue weighted by molar-refractivity contribution is -0.961. The normalized spacial score (nSPS) is 16.4. The van der Waals surface area contributed by atoms with Gasteiger partial charge in [-0.3, -0.25) is 14.9 Å². The smallest absolute Gasteiger partial charge is 0.271 e. The Bertz CT molecular complexity index is 643. The van der Waals surface area contributed by atoms with Crippen LogP contribution in [0.4, 0.5) is 11.4 Å². The number of nitro benzene ring substituents is 1. The van der Waals surface area contributed by atoms with Crippen molar-refractivity contribution >= 4 is 23.3 Å². The number of nitrogens with zero attached hydrogens (tertiary/aromatic N) is 1. The zero-order valence-corrected chi connectivity index (χ0v) is 13.4. The maximum atomic E-state index is 12.2. The Labute approximate surface area is 138 Å². The van der Waals surface area contributed by atoms with Crippen LogP contribution in [0.3, 0.4) is 0 Å². The van der Waals surface area contributed by atoms with Gasteiger partial charge in [0.1, 0.15) is 32.2 Å². The molecule has 1 fully saturated rings. The van der Waals surface area contributed by atoms with Crippen molar-refractivity contribution in [3.8, 4) is 0 Å². The lowest BCUT2D eigenvalue weighted by Crippen LogP contribution is -3.24. The summed E-state index contributed by atoms with van der Waals surface area (Å²) in [6.45, 7) is 4.64. The van der Waals surface area contributed by atoms with Crippen molar-refractivity contribution < 1.29 is 29.8 Å². The second kappa shape index (κ2) is 7.84. The molecule has 0 aromatic heterocycles. The molecule has 1 amide bonds. The van der Waals surface area contributed by atoms with E-state index in [2.05, 4.69) is 10.6 Å². The molecule has 1 aromatic carbocycles. The third-order valence-corrected chi connectivity index (χ3v) is 4.21. The number of quaternary nitrogens is 2. The Morgan fingerprint density at radius 3 is 2.62 bits per heavy atom. The largest absolute Gasteiger partial charge is 0.544 e. The molecule has 1 atom stereocenters. The number of aliphatic carboxylic acids is 1. The standard InChI is InChI=1S/C15H20N4O5/c1-10-2-3-11(19(23)24)8-12(10)17-14(20)9-13(15(21)22)18-6-4-16-5-7-18/h2-3,8,13,16H,4-7,9H2,1H3,(H,17,20)(H,21,22)/p+1/t13-/m1/s1. The van der Waals surface area contributed by atoms with Gasteiger partial charge < -0.3 is 25.4 Å². The highest BCUT2D eigenvalue weighted by Gasteiger charge is 2.29. The number of non-ortho nitro benzene ring substituents is 1. The number of benzene rings is 1. The number of aryl methyl sites for hydroxylation is 1. The van der Waals surface area contributed by atoms with Crippen molar-refractivity contribution in [2.45, 2.75) is 19.4 Å². The van der Waals surface area contributed by atoms with Gasteiger partial charge in [0.2, 0.25) is 5.91 Å². The van der Waals surface area contributed by atoms with Crippen LogP contribution in [-0.2, 0) is 9.59 Å². The van der Waals surface area contributed by atoms with E-state index in [-0.39, 0.29) is 12.1 Å². The van der Waals surface area contributed by atoms with Crippen LogP contribution in [0, 0.1) is 17.0 Å². The minimum atomic E-state index is -1.25. The van der Waals surface area contributed by atoms with E-state index < -0.39 is 22.8 Å². The molecule has 9 nitrogen and oxygen atoms in total. The van der Waals surface area contributed by atoms with Crippen molar-refractivity contribution in [1.29, 1.82) is 0 Å². The van der Waals surface area contributed by atoms with Crippen LogP contribution in [0.15, 0.2) is 18.2 Å². The molecule has 1 heterocycles. The summed E-state index contributed by atoms with van der Waals surface area (Å²) in [6.07, 6.45) is -0.222. The van der Waals surface area contributed by atoms with Crippen LogP contribution >= 0.6 is 0 Å². The van der Waals surface area contributed by atoms with Crippen molar-refractivity contribution in [2.24, 2.45) is 0 Å². The predicted molar refractivity (Wildman–Crippen MR) is 82.2 cm³/mol. The van der Waals surface area contributed by atoms with Gasteiger partial charge in [0.15, 0.2) is 0 Å². The van der Waals surface area contributed by atoms with E-state index >= 15 is 0 Å². The SMILES string of the molecule is Cc1ccc([N+](=O)[O-])cc1NC(=O)C[C@H](C(=O)[O-])[NH+]1CC[NH2+]CC1. The summed E-state index contributed by atoms with van der Waals surface area (Å²) in [5, 5.41) is 26.9. The monoisotopic (exact) mass is 337 g/mol. The fourth-order valence-electron chi connectivity index (χ4n) is 2.83. The highest BCUT2D eigenvalue weighted by molar-refractivity contribution is 5.94. The number of amides is 1. The first kappa shape index (κ1) is 17.8.